The lowest BCUT2D eigenvalue weighted by atomic mass is 10.1. The second-order valence-electron chi connectivity index (χ2n) is 6.72. The van der Waals surface area contributed by atoms with Crippen molar-refractivity contribution in [3.8, 4) is 6.07 Å². The normalized spacial score (nSPS) is 17.4. The first-order chi connectivity index (χ1) is 10.8. The van der Waals surface area contributed by atoms with Crippen molar-refractivity contribution in [1.82, 2.24) is 9.88 Å². The number of piperazine rings is 1. The number of rotatable bonds is 3. The minimum atomic E-state index is -0.469. The molecule has 2 rings (SSSR count). The number of pyridine rings is 1. The summed E-state index contributed by atoms with van der Waals surface area (Å²) < 4.78 is 5.45. The largest absolute Gasteiger partial charge is 0.459 e. The minimum absolute atomic E-state index is 0.193. The fourth-order valence-corrected chi connectivity index (χ4v) is 2.59. The first kappa shape index (κ1) is 17.2. The van der Waals surface area contributed by atoms with Crippen LogP contribution in [0.4, 0.5) is 5.82 Å². The van der Waals surface area contributed by atoms with Gasteiger partial charge in [-0.05, 0) is 39.8 Å². The third kappa shape index (κ3) is 4.42. The molecule has 0 amide bonds. The quantitative estimate of drug-likeness (QED) is 0.792. The lowest BCUT2D eigenvalue weighted by molar-refractivity contribution is -0.160. The molecule has 1 aromatic rings. The van der Waals surface area contributed by atoms with E-state index in [-0.39, 0.29) is 12.0 Å². The molecule has 1 aliphatic rings. The average Bonchev–Trinajstić information content (AvgIpc) is 2.52. The Morgan fingerprint density at radius 2 is 2.00 bits per heavy atom. The summed E-state index contributed by atoms with van der Waals surface area (Å²) in [7, 11) is 0. The van der Waals surface area contributed by atoms with Crippen LogP contribution in [0, 0.1) is 11.3 Å². The number of ether oxygens (including phenoxy) is 1. The molecule has 0 aromatic carbocycles. The Labute approximate surface area is 137 Å². The van der Waals surface area contributed by atoms with Crippen LogP contribution in [0.25, 0.3) is 0 Å². The van der Waals surface area contributed by atoms with Gasteiger partial charge >= 0.3 is 5.97 Å². The Balaban J connectivity index is 1.96. The summed E-state index contributed by atoms with van der Waals surface area (Å²) >= 11 is 0. The Hall–Kier alpha value is -2.13. The predicted molar refractivity (Wildman–Crippen MR) is 88.0 cm³/mol. The van der Waals surface area contributed by atoms with E-state index >= 15 is 0 Å². The molecule has 1 saturated heterocycles. The number of hydrogen-bond acceptors (Lipinski definition) is 6. The third-order valence-corrected chi connectivity index (χ3v) is 3.82. The molecule has 23 heavy (non-hydrogen) atoms. The van der Waals surface area contributed by atoms with E-state index in [0.717, 1.165) is 32.0 Å². The van der Waals surface area contributed by atoms with Crippen LogP contribution in [0.15, 0.2) is 18.3 Å². The van der Waals surface area contributed by atoms with Gasteiger partial charge in [0.2, 0.25) is 0 Å². The van der Waals surface area contributed by atoms with E-state index < -0.39 is 5.60 Å². The highest BCUT2D eigenvalue weighted by Crippen LogP contribution is 2.19. The van der Waals surface area contributed by atoms with Gasteiger partial charge in [0, 0.05) is 32.4 Å². The van der Waals surface area contributed by atoms with Crippen molar-refractivity contribution in [2.24, 2.45) is 0 Å². The molecule has 0 radical (unpaired) electrons. The molecule has 2 heterocycles. The Kier molecular flexibility index (Phi) is 5.22. The molecule has 6 nitrogen and oxygen atoms in total. The monoisotopic (exact) mass is 316 g/mol. The molecule has 0 saturated carbocycles. The maximum absolute atomic E-state index is 12.2. The second-order valence-corrected chi connectivity index (χ2v) is 6.72. The van der Waals surface area contributed by atoms with Crippen LogP contribution in [0.5, 0.6) is 0 Å². The molecule has 1 atom stereocenters. The van der Waals surface area contributed by atoms with Crippen molar-refractivity contribution >= 4 is 11.8 Å². The third-order valence-electron chi connectivity index (χ3n) is 3.82. The van der Waals surface area contributed by atoms with Crippen LogP contribution in [0.3, 0.4) is 0 Å². The van der Waals surface area contributed by atoms with Gasteiger partial charge in [0.1, 0.15) is 23.5 Å². The van der Waals surface area contributed by atoms with Crippen LogP contribution >= 0.6 is 0 Å². The topological polar surface area (TPSA) is 69.5 Å². The maximum Gasteiger partial charge on any atom is 0.323 e. The lowest BCUT2D eigenvalue weighted by Crippen LogP contribution is -2.53. The van der Waals surface area contributed by atoms with Crippen molar-refractivity contribution in [2.75, 3.05) is 31.1 Å². The fraction of sp³-hybridized carbons (Fsp3) is 0.588. The number of anilines is 1. The number of carbonyl (C=O) groups excluding carboxylic acids is 1. The summed E-state index contributed by atoms with van der Waals surface area (Å²) in [6.07, 6.45) is 1.70. The number of esters is 1. The van der Waals surface area contributed by atoms with E-state index in [4.69, 9.17) is 4.74 Å². The predicted octanol–water partition coefficient (Wildman–Crippen LogP) is 1.81. The van der Waals surface area contributed by atoms with E-state index in [1.807, 2.05) is 27.7 Å². The summed E-state index contributed by atoms with van der Waals surface area (Å²) in [6.45, 7) is 10.5. The van der Waals surface area contributed by atoms with Crippen LogP contribution in [-0.2, 0) is 9.53 Å². The highest BCUT2D eigenvalue weighted by molar-refractivity contribution is 5.75. The van der Waals surface area contributed by atoms with Crippen molar-refractivity contribution < 1.29 is 9.53 Å². The van der Waals surface area contributed by atoms with Crippen LogP contribution in [0.2, 0.25) is 0 Å². The molecule has 1 aromatic heterocycles. The zero-order chi connectivity index (χ0) is 17.0. The molecule has 124 valence electrons. The summed E-state index contributed by atoms with van der Waals surface area (Å²) in [5.41, 5.74) is 0.115. The molecular weight excluding hydrogens is 292 g/mol. The maximum atomic E-state index is 12.2. The number of aromatic nitrogens is 1. The molecule has 0 bridgehead atoms. The van der Waals surface area contributed by atoms with Gasteiger partial charge in [-0.3, -0.25) is 9.69 Å². The zero-order valence-electron chi connectivity index (χ0n) is 14.2. The molecule has 0 aliphatic carbocycles. The van der Waals surface area contributed by atoms with Gasteiger partial charge in [-0.2, -0.15) is 5.26 Å². The summed E-state index contributed by atoms with van der Waals surface area (Å²) in [6, 6.07) is 5.45. The number of nitrogens with zero attached hydrogens (tertiary/aromatic N) is 4. The van der Waals surface area contributed by atoms with Crippen LogP contribution < -0.4 is 4.90 Å². The van der Waals surface area contributed by atoms with Gasteiger partial charge in [-0.1, -0.05) is 0 Å². The van der Waals surface area contributed by atoms with Gasteiger partial charge in [0.15, 0.2) is 0 Å². The van der Waals surface area contributed by atoms with Crippen LogP contribution in [0.1, 0.15) is 33.3 Å². The van der Waals surface area contributed by atoms with E-state index in [0.29, 0.717) is 5.56 Å². The molecule has 6 heteroatoms. The number of carbonyl (C=O) groups is 1. The van der Waals surface area contributed by atoms with Gasteiger partial charge in [-0.15, -0.1) is 0 Å². The second kappa shape index (κ2) is 6.97. The van der Waals surface area contributed by atoms with Crippen LogP contribution in [-0.4, -0.2) is 53.7 Å². The van der Waals surface area contributed by atoms with E-state index in [9.17, 15) is 10.1 Å². The van der Waals surface area contributed by atoms with Crippen molar-refractivity contribution in [1.29, 1.82) is 5.26 Å². The molecule has 0 N–H and O–H groups in total. The fourth-order valence-electron chi connectivity index (χ4n) is 2.59. The summed E-state index contributed by atoms with van der Waals surface area (Å²) in [5.74, 6) is 0.529. The molecular formula is C17H24N4O2. The van der Waals surface area contributed by atoms with Gasteiger partial charge in [-0.25, -0.2) is 4.98 Å². The lowest BCUT2D eigenvalue weighted by Gasteiger charge is -2.38. The van der Waals surface area contributed by atoms with E-state index in [2.05, 4.69) is 20.9 Å². The Bertz CT molecular complexity index is 595. The zero-order valence-corrected chi connectivity index (χ0v) is 14.2. The van der Waals surface area contributed by atoms with E-state index in [1.165, 1.54) is 0 Å². The van der Waals surface area contributed by atoms with Crippen molar-refractivity contribution in [3.63, 3.8) is 0 Å². The van der Waals surface area contributed by atoms with Crippen molar-refractivity contribution in [2.45, 2.75) is 39.3 Å². The van der Waals surface area contributed by atoms with Gasteiger partial charge in [0.25, 0.3) is 0 Å². The Morgan fingerprint density at radius 3 is 2.57 bits per heavy atom. The summed E-state index contributed by atoms with van der Waals surface area (Å²) in [4.78, 5) is 20.7. The van der Waals surface area contributed by atoms with Crippen molar-refractivity contribution in [3.05, 3.63) is 23.9 Å². The smallest absolute Gasteiger partial charge is 0.323 e. The summed E-state index contributed by atoms with van der Waals surface area (Å²) in [5, 5.41) is 9.18. The number of hydrogen-bond donors (Lipinski definition) is 0. The SMILES string of the molecule is CC(C(=O)OC(C)(C)C)N1CCN(c2ncccc2C#N)CC1. The number of nitriles is 1. The molecule has 1 unspecified atom stereocenters. The van der Waals surface area contributed by atoms with E-state index in [1.54, 1.807) is 18.3 Å². The Morgan fingerprint density at radius 1 is 1.35 bits per heavy atom. The highest BCUT2D eigenvalue weighted by Gasteiger charge is 2.29. The first-order valence-electron chi connectivity index (χ1n) is 7.89. The molecule has 1 aliphatic heterocycles. The first-order valence-corrected chi connectivity index (χ1v) is 7.89. The average molecular weight is 316 g/mol. The standard InChI is InChI=1S/C17H24N4O2/c1-13(16(22)23-17(2,3)4)20-8-10-21(11-9-20)15-14(12-18)6-5-7-19-15/h5-7,13H,8-11H2,1-4H3. The molecule has 1 fully saturated rings. The highest BCUT2D eigenvalue weighted by atomic mass is 16.6. The van der Waals surface area contributed by atoms with Gasteiger partial charge in [0.05, 0.1) is 5.56 Å². The minimum Gasteiger partial charge on any atom is -0.459 e. The van der Waals surface area contributed by atoms with Gasteiger partial charge < -0.3 is 9.64 Å². The molecule has 0 spiro atoms.